The van der Waals surface area contributed by atoms with Crippen molar-refractivity contribution in [1.29, 1.82) is 0 Å². The number of hydrogen-bond acceptors (Lipinski definition) is 2. The molecule has 4 rings (SSSR count). The predicted octanol–water partition coefficient (Wildman–Crippen LogP) is 6.84. The van der Waals surface area contributed by atoms with Gasteiger partial charge in [0, 0.05) is 34.6 Å². The normalized spacial score (nSPS) is 10.5. The quantitative estimate of drug-likeness (QED) is 0.358. The number of carbonyl (C=O) groups is 2. The van der Waals surface area contributed by atoms with Crippen LogP contribution in [0.4, 0.5) is 11.4 Å². The summed E-state index contributed by atoms with van der Waals surface area (Å²) >= 11 is 6.04. The lowest BCUT2D eigenvalue weighted by atomic mass is 9.98. The van der Waals surface area contributed by atoms with Gasteiger partial charge < -0.3 is 10.2 Å². The fraction of sp³-hybridized carbons (Fsp3) is 0.0714. The summed E-state index contributed by atoms with van der Waals surface area (Å²) in [5.74, 6) is -0.374. The summed E-state index contributed by atoms with van der Waals surface area (Å²) in [5.41, 5.74) is 5.42. The topological polar surface area (TPSA) is 49.4 Å². The van der Waals surface area contributed by atoms with Gasteiger partial charge in [-0.05, 0) is 66.6 Å². The summed E-state index contributed by atoms with van der Waals surface area (Å²) in [7, 11) is 1.70. The highest BCUT2D eigenvalue weighted by molar-refractivity contribution is 6.31. The summed E-state index contributed by atoms with van der Waals surface area (Å²) < 4.78 is 0. The molecule has 0 radical (unpaired) electrons. The van der Waals surface area contributed by atoms with Gasteiger partial charge in [-0.3, -0.25) is 9.59 Å². The van der Waals surface area contributed by atoms with E-state index in [-0.39, 0.29) is 11.8 Å². The van der Waals surface area contributed by atoms with Gasteiger partial charge in [0.2, 0.25) is 0 Å². The summed E-state index contributed by atoms with van der Waals surface area (Å²) in [5, 5.41) is 3.50. The van der Waals surface area contributed by atoms with Crippen molar-refractivity contribution in [1.82, 2.24) is 0 Å². The van der Waals surface area contributed by atoms with E-state index >= 15 is 0 Å². The van der Waals surface area contributed by atoms with Crippen LogP contribution in [0.25, 0.3) is 11.1 Å². The molecule has 2 amide bonds. The Hall–Kier alpha value is -3.89. The standard InChI is InChI=1S/C28H23ClN2O2/c1-19-10-12-20(13-11-19)25-8-3-4-9-26(25)27(32)30-23-16-14-21(15-17-23)28(33)31(2)24-7-5-6-22(29)18-24/h3-18H,1-2H3,(H,30,32). The van der Waals surface area contributed by atoms with E-state index < -0.39 is 0 Å². The first-order valence-electron chi connectivity index (χ1n) is 10.5. The van der Waals surface area contributed by atoms with Crippen LogP contribution in [-0.2, 0) is 0 Å². The first-order valence-corrected chi connectivity index (χ1v) is 10.9. The highest BCUT2D eigenvalue weighted by Gasteiger charge is 2.15. The number of amides is 2. The number of nitrogens with zero attached hydrogens (tertiary/aromatic N) is 1. The zero-order chi connectivity index (χ0) is 23.4. The molecule has 5 heteroatoms. The Labute approximate surface area is 198 Å². The lowest BCUT2D eigenvalue weighted by molar-refractivity contribution is 0.0991. The van der Waals surface area contributed by atoms with E-state index in [1.54, 1.807) is 49.5 Å². The van der Waals surface area contributed by atoms with Gasteiger partial charge in [-0.2, -0.15) is 0 Å². The molecule has 0 bridgehead atoms. The van der Waals surface area contributed by atoms with E-state index in [4.69, 9.17) is 11.6 Å². The molecule has 0 unspecified atom stereocenters. The molecule has 0 aliphatic carbocycles. The molecule has 0 heterocycles. The van der Waals surface area contributed by atoms with Crippen LogP contribution >= 0.6 is 11.6 Å². The predicted molar refractivity (Wildman–Crippen MR) is 135 cm³/mol. The van der Waals surface area contributed by atoms with Gasteiger partial charge in [0.15, 0.2) is 0 Å². The van der Waals surface area contributed by atoms with Gasteiger partial charge in [0.25, 0.3) is 11.8 Å². The molecule has 0 spiro atoms. The molecule has 4 aromatic carbocycles. The van der Waals surface area contributed by atoms with Crippen molar-refractivity contribution in [3.63, 3.8) is 0 Å². The van der Waals surface area contributed by atoms with E-state index in [1.807, 2.05) is 61.5 Å². The molecule has 164 valence electrons. The maximum atomic E-state index is 13.0. The van der Waals surface area contributed by atoms with Crippen LogP contribution in [0.15, 0.2) is 97.1 Å². The van der Waals surface area contributed by atoms with Gasteiger partial charge in [0.05, 0.1) is 0 Å². The van der Waals surface area contributed by atoms with Crippen LogP contribution in [0.3, 0.4) is 0 Å². The molecule has 0 saturated carbocycles. The van der Waals surface area contributed by atoms with Crippen molar-refractivity contribution in [2.45, 2.75) is 6.92 Å². The minimum Gasteiger partial charge on any atom is -0.322 e. The van der Waals surface area contributed by atoms with Crippen molar-refractivity contribution in [3.05, 3.63) is 119 Å². The molecule has 0 aliphatic rings. The highest BCUT2D eigenvalue weighted by Crippen LogP contribution is 2.25. The van der Waals surface area contributed by atoms with Crippen molar-refractivity contribution < 1.29 is 9.59 Å². The number of rotatable bonds is 5. The molecule has 0 fully saturated rings. The number of carbonyl (C=O) groups excluding carboxylic acids is 2. The monoisotopic (exact) mass is 454 g/mol. The van der Waals surface area contributed by atoms with Crippen LogP contribution in [0.2, 0.25) is 5.02 Å². The second-order valence-corrected chi connectivity index (χ2v) is 8.22. The second kappa shape index (κ2) is 9.72. The third-order valence-corrected chi connectivity index (χ3v) is 5.66. The highest BCUT2D eigenvalue weighted by atomic mass is 35.5. The minimum atomic E-state index is -0.207. The molecule has 0 atom stereocenters. The van der Waals surface area contributed by atoms with Crippen molar-refractivity contribution in [2.75, 3.05) is 17.3 Å². The number of halogens is 1. The van der Waals surface area contributed by atoms with E-state index in [1.165, 1.54) is 4.90 Å². The Morgan fingerprint density at radius 3 is 2.21 bits per heavy atom. The van der Waals surface area contributed by atoms with E-state index in [9.17, 15) is 9.59 Å². The molecule has 4 nitrogen and oxygen atoms in total. The fourth-order valence-electron chi connectivity index (χ4n) is 3.56. The average Bonchev–Trinajstić information content (AvgIpc) is 2.84. The first kappa shape index (κ1) is 22.3. The molecular formula is C28H23ClN2O2. The van der Waals surface area contributed by atoms with Gasteiger partial charge in [-0.1, -0.05) is 65.7 Å². The van der Waals surface area contributed by atoms with E-state index in [0.717, 1.165) is 16.7 Å². The Morgan fingerprint density at radius 2 is 1.52 bits per heavy atom. The Kier molecular flexibility index (Phi) is 6.57. The third kappa shape index (κ3) is 5.13. The third-order valence-electron chi connectivity index (χ3n) is 5.42. The van der Waals surface area contributed by atoms with Crippen molar-refractivity contribution in [3.8, 4) is 11.1 Å². The number of benzene rings is 4. The van der Waals surface area contributed by atoms with Crippen molar-refractivity contribution in [2.24, 2.45) is 0 Å². The molecule has 33 heavy (non-hydrogen) atoms. The Bertz CT molecular complexity index is 1300. The molecule has 0 aromatic heterocycles. The number of hydrogen-bond donors (Lipinski definition) is 1. The number of aryl methyl sites for hydroxylation is 1. The lowest BCUT2D eigenvalue weighted by Crippen LogP contribution is -2.26. The zero-order valence-electron chi connectivity index (χ0n) is 18.4. The zero-order valence-corrected chi connectivity index (χ0v) is 19.1. The number of anilines is 2. The van der Waals surface area contributed by atoms with Gasteiger partial charge in [-0.15, -0.1) is 0 Å². The molecule has 1 N–H and O–H groups in total. The first-order chi connectivity index (χ1) is 15.9. The minimum absolute atomic E-state index is 0.167. The van der Waals surface area contributed by atoms with Crippen molar-refractivity contribution >= 4 is 34.8 Å². The maximum Gasteiger partial charge on any atom is 0.258 e. The fourth-order valence-corrected chi connectivity index (χ4v) is 3.74. The Morgan fingerprint density at radius 1 is 0.818 bits per heavy atom. The molecule has 0 aliphatic heterocycles. The van der Waals surface area contributed by atoms with Crippen LogP contribution in [0, 0.1) is 6.92 Å². The summed E-state index contributed by atoms with van der Waals surface area (Å²) in [6, 6.07) is 29.6. The maximum absolute atomic E-state index is 13.0. The second-order valence-electron chi connectivity index (χ2n) is 7.79. The Balaban J connectivity index is 1.50. The molecule has 4 aromatic rings. The summed E-state index contributed by atoms with van der Waals surface area (Å²) in [6.45, 7) is 2.03. The van der Waals surface area contributed by atoms with Crippen LogP contribution < -0.4 is 10.2 Å². The SMILES string of the molecule is Cc1ccc(-c2ccccc2C(=O)Nc2ccc(C(=O)N(C)c3cccc(Cl)c3)cc2)cc1. The van der Waals surface area contributed by atoms with E-state index in [2.05, 4.69) is 5.32 Å². The lowest BCUT2D eigenvalue weighted by Gasteiger charge is -2.18. The smallest absolute Gasteiger partial charge is 0.258 e. The van der Waals surface area contributed by atoms with Crippen LogP contribution in [0.5, 0.6) is 0 Å². The van der Waals surface area contributed by atoms with Gasteiger partial charge in [0.1, 0.15) is 0 Å². The average molecular weight is 455 g/mol. The summed E-state index contributed by atoms with van der Waals surface area (Å²) in [4.78, 5) is 27.4. The summed E-state index contributed by atoms with van der Waals surface area (Å²) in [6.07, 6.45) is 0. The molecular weight excluding hydrogens is 432 g/mol. The van der Waals surface area contributed by atoms with Gasteiger partial charge in [-0.25, -0.2) is 0 Å². The van der Waals surface area contributed by atoms with Gasteiger partial charge >= 0.3 is 0 Å². The van der Waals surface area contributed by atoms with Crippen LogP contribution in [0.1, 0.15) is 26.3 Å². The number of nitrogens with one attached hydrogen (secondary N) is 1. The van der Waals surface area contributed by atoms with E-state index in [0.29, 0.717) is 27.5 Å². The largest absolute Gasteiger partial charge is 0.322 e. The molecule has 0 saturated heterocycles. The van der Waals surface area contributed by atoms with Crippen LogP contribution in [-0.4, -0.2) is 18.9 Å².